The van der Waals surface area contributed by atoms with Crippen molar-refractivity contribution in [2.45, 2.75) is 38.8 Å². The van der Waals surface area contributed by atoms with E-state index in [4.69, 9.17) is 0 Å². The molecule has 0 bridgehead atoms. The zero-order valence-electron chi connectivity index (χ0n) is 23.1. The molecule has 8 heteroatoms. The fourth-order valence-corrected chi connectivity index (χ4v) is 7.30. The van der Waals surface area contributed by atoms with Gasteiger partial charge in [0.2, 0.25) is 5.91 Å². The minimum absolute atomic E-state index is 0.0991. The number of carbonyl (C=O) groups is 1. The van der Waals surface area contributed by atoms with E-state index in [2.05, 4.69) is 85.5 Å². The molecule has 3 aromatic heterocycles. The third-order valence-corrected chi connectivity index (χ3v) is 9.38. The summed E-state index contributed by atoms with van der Waals surface area (Å²) in [5.41, 5.74) is 4.76. The van der Waals surface area contributed by atoms with Gasteiger partial charge in [0.25, 0.3) is 0 Å². The highest BCUT2D eigenvalue weighted by atomic mass is 32.1. The van der Waals surface area contributed by atoms with Gasteiger partial charge in [0.1, 0.15) is 17.0 Å². The van der Waals surface area contributed by atoms with Crippen LogP contribution in [0.1, 0.15) is 35.3 Å². The minimum atomic E-state index is 0.0991. The second-order valence-corrected chi connectivity index (χ2v) is 12.1. The zero-order chi connectivity index (χ0) is 27.6. The maximum absolute atomic E-state index is 13.0. The summed E-state index contributed by atoms with van der Waals surface area (Å²) in [5, 5.41) is 5.85. The smallest absolute Gasteiger partial charge is 0.246 e. The molecule has 0 radical (unpaired) electrons. The average Bonchev–Trinajstić information content (AvgIpc) is 3.59. The fraction of sp³-hybridized carbons (Fsp3) is 0.303. The van der Waals surface area contributed by atoms with Gasteiger partial charge in [-0.05, 0) is 67.7 Å². The Hall–Kier alpha value is -4.01. The molecule has 0 unspecified atom stereocenters. The predicted octanol–water partition coefficient (Wildman–Crippen LogP) is 6.36. The van der Waals surface area contributed by atoms with Crippen molar-refractivity contribution in [1.29, 1.82) is 0 Å². The van der Waals surface area contributed by atoms with Gasteiger partial charge in [-0.2, -0.15) is 0 Å². The lowest BCUT2D eigenvalue weighted by molar-refractivity contribution is -0.126. The highest BCUT2D eigenvalue weighted by molar-refractivity contribution is 7.19. The number of carbonyl (C=O) groups excluding carboxylic acids is 1. The minimum Gasteiger partial charge on any atom is -0.343 e. The van der Waals surface area contributed by atoms with Gasteiger partial charge in [0.05, 0.1) is 11.9 Å². The molecule has 5 heterocycles. The molecule has 1 saturated heterocycles. The normalized spacial score (nSPS) is 16.0. The van der Waals surface area contributed by atoms with Crippen LogP contribution in [0.5, 0.6) is 0 Å². The van der Waals surface area contributed by atoms with E-state index in [1.54, 1.807) is 23.7 Å². The fourth-order valence-electron chi connectivity index (χ4n) is 6.09. The van der Waals surface area contributed by atoms with Crippen LogP contribution in [-0.4, -0.2) is 56.4 Å². The van der Waals surface area contributed by atoms with E-state index in [9.17, 15) is 4.79 Å². The third kappa shape index (κ3) is 5.49. The second-order valence-electron chi connectivity index (χ2n) is 11.0. The van der Waals surface area contributed by atoms with Gasteiger partial charge in [-0.25, -0.2) is 9.97 Å². The van der Waals surface area contributed by atoms with Crippen molar-refractivity contribution >= 4 is 49.9 Å². The molecule has 208 valence electrons. The monoisotopic (exact) mass is 562 g/mol. The highest BCUT2D eigenvalue weighted by Crippen LogP contribution is 2.38. The SMILES string of the molecule is O=C(/C=C/CN1CCCCC1)N1CCc2c(sc3ncnc(Nc4ccc5c(ccn5Cc5ccccc5)c4)c23)C1. The van der Waals surface area contributed by atoms with Crippen LogP contribution in [0.2, 0.25) is 0 Å². The number of hydrogen-bond acceptors (Lipinski definition) is 6. The number of aromatic nitrogens is 3. The molecule has 0 saturated carbocycles. The molecule has 1 amide bonds. The molecule has 1 N–H and O–H groups in total. The Bertz CT molecular complexity index is 1720. The maximum atomic E-state index is 13.0. The van der Waals surface area contributed by atoms with Crippen LogP contribution in [0.4, 0.5) is 11.5 Å². The number of fused-ring (bicyclic) bond motifs is 4. The summed E-state index contributed by atoms with van der Waals surface area (Å²) < 4.78 is 2.28. The number of nitrogens with zero attached hydrogens (tertiary/aromatic N) is 5. The summed E-state index contributed by atoms with van der Waals surface area (Å²) in [7, 11) is 0. The van der Waals surface area contributed by atoms with E-state index in [1.165, 1.54) is 46.2 Å². The summed E-state index contributed by atoms with van der Waals surface area (Å²) in [6.07, 6.45) is 12.2. The number of benzene rings is 2. The van der Waals surface area contributed by atoms with Crippen molar-refractivity contribution in [2.75, 3.05) is 31.5 Å². The van der Waals surface area contributed by atoms with E-state index in [0.29, 0.717) is 13.1 Å². The molecule has 5 aromatic rings. The third-order valence-electron chi connectivity index (χ3n) is 8.25. The summed E-state index contributed by atoms with van der Waals surface area (Å²) in [5.74, 6) is 0.929. The van der Waals surface area contributed by atoms with Crippen molar-refractivity contribution in [3.05, 3.63) is 95.3 Å². The van der Waals surface area contributed by atoms with Crippen LogP contribution >= 0.6 is 11.3 Å². The topological polar surface area (TPSA) is 66.3 Å². The van der Waals surface area contributed by atoms with Gasteiger partial charge in [0, 0.05) is 53.4 Å². The Labute approximate surface area is 244 Å². The molecule has 2 aromatic carbocycles. The lowest BCUT2D eigenvalue weighted by Crippen LogP contribution is -2.34. The number of thiophene rings is 1. The second kappa shape index (κ2) is 11.5. The van der Waals surface area contributed by atoms with Crippen molar-refractivity contribution < 1.29 is 4.79 Å². The first-order chi connectivity index (χ1) is 20.2. The van der Waals surface area contributed by atoms with Gasteiger partial charge in [-0.3, -0.25) is 9.69 Å². The van der Waals surface area contributed by atoms with Gasteiger partial charge >= 0.3 is 0 Å². The summed E-state index contributed by atoms with van der Waals surface area (Å²) in [6, 6.07) is 19.2. The summed E-state index contributed by atoms with van der Waals surface area (Å²) in [6.45, 7) is 5.32. The molecular formula is C33H34N6OS. The molecule has 7 rings (SSSR count). The van der Waals surface area contributed by atoms with Crippen LogP contribution in [0, 0.1) is 0 Å². The van der Waals surface area contributed by atoms with Crippen LogP contribution < -0.4 is 5.32 Å². The van der Waals surface area contributed by atoms with Crippen LogP contribution in [0.3, 0.4) is 0 Å². The highest BCUT2D eigenvalue weighted by Gasteiger charge is 2.25. The van der Waals surface area contributed by atoms with E-state index in [0.717, 1.165) is 54.3 Å². The quantitative estimate of drug-likeness (QED) is 0.234. The lowest BCUT2D eigenvalue weighted by Gasteiger charge is -2.27. The van der Waals surface area contributed by atoms with E-state index < -0.39 is 0 Å². The summed E-state index contributed by atoms with van der Waals surface area (Å²) in [4.78, 5) is 28.8. The van der Waals surface area contributed by atoms with Crippen molar-refractivity contribution in [3.63, 3.8) is 0 Å². The van der Waals surface area contributed by atoms with E-state index >= 15 is 0 Å². The van der Waals surface area contributed by atoms with Crippen molar-refractivity contribution in [3.8, 4) is 0 Å². The average molecular weight is 563 g/mol. The Balaban J connectivity index is 1.07. The molecule has 0 aliphatic carbocycles. The number of nitrogens with one attached hydrogen (secondary N) is 1. The molecule has 0 atom stereocenters. The Morgan fingerprint density at radius 2 is 1.88 bits per heavy atom. The first-order valence-corrected chi connectivity index (χ1v) is 15.4. The van der Waals surface area contributed by atoms with E-state index in [-0.39, 0.29) is 5.91 Å². The predicted molar refractivity (Wildman–Crippen MR) is 167 cm³/mol. The largest absolute Gasteiger partial charge is 0.343 e. The molecule has 7 nitrogen and oxygen atoms in total. The molecule has 1 fully saturated rings. The summed E-state index contributed by atoms with van der Waals surface area (Å²) >= 11 is 1.68. The number of likely N-dealkylation sites (tertiary alicyclic amines) is 1. The Morgan fingerprint density at radius 1 is 1.00 bits per heavy atom. The molecule has 2 aliphatic rings. The molecule has 2 aliphatic heterocycles. The zero-order valence-corrected chi connectivity index (χ0v) is 23.9. The van der Waals surface area contributed by atoms with E-state index in [1.807, 2.05) is 11.0 Å². The van der Waals surface area contributed by atoms with Crippen LogP contribution in [-0.2, 0) is 24.3 Å². The van der Waals surface area contributed by atoms with Gasteiger partial charge in [0.15, 0.2) is 0 Å². The van der Waals surface area contributed by atoms with Crippen LogP contribution in [0.25, 0.3) is 21.1 Å². The van der Waals surface area contributed by atoms with Crippen LogP contribution in [0.15, 0.2) is 79.3 Å². The van der Waals surface area contributed by atoms with Gasteiger partial charge in [-0.1, -0.05) is 42.8 Å². The standard InChI is InChI=1S/C33H34N6OS/c40-30(10-7-17-37-15-5-2-6-16-37)39-19-14-27-29(22-39)41-33-31(27)32(34-23-35-33)36-26-11-12-28-25(20-26)13-18-38(28)21-24-8-3-1-4-9-24/h1,3-4,7-13,18,20,23H,2,5-6,14-17,19,21-22H2,(H,34,35,36)/b10-7+. The number of anilines is 2. The lowest BCUT2D eigenvalue weighted by atomic mass is 10.0. The van der Waals surface area contributed by atoms with Crippen molar-refractivity contribution in [2.24, 2.45) is 0 Å². The first-order valence-electron chi connectivity index (χ1n) is 14.5. The number of piperidine rings is 1. The first kappa shape index (κ1) is 25.9. The van der Waals surface area contributed by atoms with Gasteiger partial charge in [-0.15, -0.1) is 11.3 Å². The number of hydrogen-bond donors (Lipinski definition) is 1. The molecule has 41 heavy (non-hydrogen) atoms. The Kier molecular flexibility index (Phi) is 7.25. The van der Waals surface area contributed by atoms with Crippen molar-refractivity contribution in [1.82, 2.24) is 24.3 Å². The van der Waals surface area contributed by atoms with Gasteiger partial charge < -0.3 is 14.8 Å². The Morgan fingerprint density at radius 3 is 2.76 bits per heavy atom. The molecular weight excluding hydrogens is 528 g/mol. The number of rotatable bonds is 7. The maximum Gasteiger partial charge on any atom is 0.246 e. The molecule has 0 spiro atoms. The number of amides is 1.